The van der Waals surface area contributed by atoms with E-state index in [0.717, 1.165) is 11.4 Å². The lowest BCUT2D eigenvalue weighted by Gasteiger charge is -2.19. The molecule has 4 heteroatoms. The molecule has 0 fully saturated rings. The molecule has 0 saturated heterocycles. The molecule has 0 saturated carbocycles. The van der Waals surface area contributed by atoms with Crippen LogP contribution in [-0.4, -0.2) is 12.0 Å². The Morgan fingerprint density at radius 3 is 2.74 bits per heavy atom. The Labute approximate surface area is 112 Å². The summed E-state index contributed by atoms with van der Waals surface area (Å²) in [5.41, 5.74) is 7.52. The van der Waals surface area contributed by atoms with E-state index in [0.29, 0.717) is 12.1 Å². The third kappa shape index (κ3) is 3.29. The highest BCUT2D eigenvalue weighted by molar-refractivity contribution is 5.42. The molecular weight excluding hydrogens is 241 g/mol. The minimum atomic E-state index is -0.197. The molecule has 1 aromatic carbocycles. The molecule has 1 heterocycles. The summed E-state index contributed by atoms with van der Waals surface area (Å²) in [5.74, 6) is 0.593. The summed E-state index contributed by atoms with van der Waals surface area (Å²) in [6.07, 6.45) is 1.73. The van der Waals surface area contributed by atoms with Crippen LogP contribution in [0.4, 0.5) is 10.2 Å². The first-order valence-electron chi connectivity index (χ1n) is 6.24. The van der Waals surface area contributed by atoms with Crippen LogP contribution in [0.3, 0.4) is 0 Å². The lowest BCUT2D eigenvalue weighted by Crippen LogP contribution is -2.19. The molecule has 1 atom stereocenters. The van der Waals surface area contributed by atoms with Gasteiger partial charge >= 0.3 is 0 Å². The van der Waals surface area contributed by atoms with Gasteiger partial charge in [-0.05, 0) is 30.7 Å². The van der Waals surface area contributed by atoms with Crippen LogP contribution in [0, 0.1) is 5.82 Å². The molecule has 3 nitrogen and oxygen atoms in total. The van der Waals surface area contributed by atoms with Crippen molar-refractivity contribution in [2.45, 2.75) is 19.5 Å². The Balaban J connectivity index is 2.18. The first-order valence-corrected chi connectivity index (χ1v) is 6.24. The zero-order chi connectivity index (χ0) is 13.8. The fourth-order valence-corrected chi connectivity index (χ4v) is 1.89. The Kier molecular flexibility index (Phi) is 4.12. The molecule has 0 spiro atoms. The molecule has 2 rings (SSSR count). The van der Waals surface area contributed by atoms with Gasteiger partial charge in [0.2, 0.25) is 0 Å². The zero-order valence-electron chi connectivity index (χ0n) is 11.2. The van der Waals surface area contributed by atoms with Gasteiger partial charge in [-0.2, -0.15) is 0 Å². The molecule has 0 aliphatic rings. The number of nitrogens with two attached hydrogens (primary N) is 1. The van der Waals surface area contributed by atoms with Gasteiger partial charge in [-0.3, -0.25) is 0 Å². The van der Waals surface area contributed by atoms with Gasteiger partial charge in [0.05, 0.1) is 0 Å². The van der Waals surface area contributed by atoms with Gasteiger partial charge in [0.25, 0.3) is 0 Å². The van der Waals surface area contributed by atoms with Gasteiger partial charge in [-0.1, -0.05) is 18.2 Å². The highest BCUT2D eigenvalue weighted by Crippen LogP contribution is 2.18. The summed E-state index contributed by atoms with van der Waals surface area (Å²) in [4.78, 5) is 6.20. The largest absolute Gasteiger partial charge is 0.355 e. The van der Waals surface area contributed by atoms with E-state index in [9.17, 15) is 4.39 Å². The Bertz CT molecular complexity index is 555. The molecule has 0 bridgehead atoms. The fourth-order valence-electron chi connectivity index (χ4n) is 1.89. The molecule has 2 N–H and O–H groups in total. The van der Waals surface area contributed by atoms with E-state index >= 15 is 0 Å². The van der Waals surface area contributed by atoms with Crippen LogP contribution in [0.15, 0.2) is 42.6 Å². The van der Waals surface area contributed by atoms with Crippen LogP contribution < -0.4 is 10.6 Å². The van der Waals surface area contributed by atoms with Gasteiger partial charge in [0.1, 0.15) is 11.6 Å². The number of hydrogen-bond donors (Lipinski definition) is 1. The molecule has 0 aliphatic heterocycles. The van der Waals surface area contributed by atoms with E-state index < -0.39 is 0 Å². The number of aromatic nitrogens is 1. The molecule has 0 aliphatic carbocycles. The summed E-state index contributed by atoms with van der Waals surface area (Å²) >= 11 is 0. The van der Waals surface area contributed by atoms with E-state index in [4.69, 9.17) is 5.73 Å². The number of hydrogen-bond acceptors (Lipinski definition) is 3. The van der Waals surface area contributed by atoms with Crippen molar-refractivity contribution < 1.29 is 4.39 Å². The van der Waals surface area contributed by atoms with Crippen molar-refractivity contribution in [1.82, 2.24) is 4.98 Å². The number of benzene rings is 1. The van der Waals surface area contributed by atoms with E-state index in [1.165, 1.54) is 6.07 Å². The van der Waals surface area contributed by atoms with Crippen molar-refractivity contribution >= 4 is 5.82 Å². The topological polar surface area (TPSA) is 42.1 Å². The van der Waals surface area contributed by atoms with Gasteiger partial charge in [0.15, 0.2) is 0 Å². The predicted octanol–water partition coefficient (Wildman–Crippen LogP) is 2.88. The van der Waals surface area contributed by atoms with Crippen LogP contribution in [0.5, 0.6) is 0 Å². The lowest BCUT2D eigenvalue weighted by molar-refractivity contribution is 0.607. The fraction of sp³-hybridized carbons (Fsp3) is 0.267. The second-order valence-corrected chi connectivity index (χ2v) is 4.68. The van der Waals surface area contributed by atoms with Gasteiger partial charge in [-0.25, -0.2) is 9.37 Å². The summed E-state index contributed by atoms with van der Waals surface area (Å²) in [6.45, 7) is 2.40. The summed E-state index contributed by atoms with van der Waals surface area (Å²) in [5, 5.41) is 0. The maximum atomic E-state index is 13.6. The monoisotopic (exact) mass is 259 g/mol. The van der Waals surface area contributed by atoms with Gasteiger partial charge in [-0.15, -0.1) is 0 Å². The normalized spacial score (nSPS) is 12.2. The van der Waals surface area contributed by atoms with E-state index in [2.05, 4.69) is 4.98 Å². The van der Waals surface area contributed by atoms with E-state index in [1.54, 1.807) is 18.3 Å². The van der Waals surface area contributed by atoms with Crippen LogP contribution in [0.2, 0.25) is 0 Å². The number of anilines is 1. The van der Waals surface area contributed by atoms with Crippen molar-refractivity contribution in [3.8, 4) is 0 Å². The SMILES string of the molecule is C[C@H](N)c1ccnc(N(C)Cc2ccccc2F)c1. The second-order valence-electron chi connectivity index (χ2n) is 4.68. The maximum absolute atomic E-state index is 13.6. The molecule has 2 aromatic rings. The quantitative estimate of drug-likeness (QED) is 0.918. The van der Waals surface area contributed by atoms with E-state index in [1.807, 2.05) is 37.1 Å². The molecule has 0 radical (unpaired) electrons. The molecule has 1 aromatic heterocycles. The highest BCUT2D eigenvalue weighted by Gasteiger charge is 2.08. The number of halogens is 1. The summed E-state index contributed by atoms with van der Waals surface area (Å²) < 4.78 is 13.6. The molecule has 100 valence electrons. The van der Waals surface area contributed by atoms with Crippen molar-refractivity contribution in [1.29, 1.82) is 0 Å². The Hall–Kier alpha value is -1.94. The molecular formula is C15H18FN3. The molecule has 0 unspecified atom stereocenters. The number of nitrogens with zero attached hydrogens (tertiary/aromatic N) is 2. The first kappa shape index (κ1) is 13.5. The van der Waals surface area contributed by atoms with Crippen molar-refractivity contribution in [2.75, 3.05) is 11.9 Å². The third-order valence-corrected chi connectivity index (χ3v) is 3.05. The van der Waals surface area contributed by atoms with Crippen LogP contribution in [0.25, 0.3) is 0 Å². The average Bonchev–Trinajstić information content (AvgIpc) is 2.41. The standard InChI is InChI=1S/C15H18FN3/c1-11(17)12-7-8-18-15(9-12)19(2)10-13-5-3-4-6-14(13)16/h3-9,11H,10,17H2,1-2H3/t11-/m0/s1. The number of rotatable bonds is 4. The minimum Gasteiger partial charge on any atom is -0.355 e. The van der Waals surface area contributed by atoms with Crippen LogP contribution in [-0.2, 0) is 6.54 Å². The second kappa shape index (κ2) is 5.80. The van der Waals surface area contributed by atoms with Crippen LogP contribution >= 0.6 is 0 Å². The zero-order valence-corrected chi connectivity index (χ0v) is 11.2. The minimum absolute atomic E-state index is 0.0383. The maximum Gasteiger partial charge on any atom is 0.128 e. The molecule has 19 heavy (non-hydrogen) atoms. The van der Waals surface area contributed by atoms with Gasteiger partial charge in [0, 0.05) is 31.4 Å². The average molecular weight is 259 g/mol. The van der Waals surface area contributed by atoms with Crippen molar-refractivity contribution in [2.24, 2.45) is 5.73 Å². The first-order chi connectivity index (χ1) is 9.08. The predicted molar refractivity (Wildman–Crippen MR) is 75.3 cm³/mol. The van der Waals surface area contributed by atoms with E-state index in [-0.39, 0.29) is 11.9 Å². The lowest BCUT2D eigenvalue weighted by atomic mass is 10.1. The number of pyridine rings is 1. The van der Waals surface area contributed by atoms with Crippen molar-refractivity contribution in [3.63, 3.8) is 0 Å². The molecule has 0 amide bonds. The smallest absolute Gasteiger partial charge is 0.128 e. The van der Waals surface area contributed by atoms with Crippen LogP contribution in [0.1, 0.15) is 24.1 Å². The third-order valence-electron chi connectivity index (χ3n) is 3.05. The van der Waals surface area contributed by atoms with Crippen molar-refractivity contribution in [3.05, 3.63) is 59.5 Å². The summed E-state index contributed by atoms with van der Waals surface area (Å²) in [6, 6.07) is 10.6. The summed E-state index contributed by atoms with van der Waals surface area (Å²) in [7, 11) is 1.89. The highest BCUT2D eigenvalue weighted by atomic mass is 19.1. The van der Waals surface area contributed by atoms with Gasteiger partial charge < -0.3 is 10.6 Å². The Morgan fingerprint density at radius 1 is 1.32 bits per heavy atom. The Morgan fingerprint density at radius 2 is 2.05 bits per heavy atom.